The molecule has 0 aliphatic carbocycles. The highest BCUT2D eigenvalue weighted by Crippen LogP contribution is 2.31. The van der Waals surface area contributed by atoms with Crippen molar-refractivity contribution in [3.63, 3.8) is 0 Å². The van der Waals surface area contributed by atoms with E-state index in [0.29, 0.717) is 19.5 Å². The third-order valence-electron chi connectivity index (χ3n) is 4.12. The van der Waals surface area contributed by atoms with Gasteiger partial charge in [0.15, 0.2) is 6.61 Å². The molecule has 1 fully saturated rings. The van der Waals surface area contributed by atoms with Gasteiger partial charge in [0.05, 0.1) is 5.69 Å². The molecule has 0 spiro atoms. The maximum Gasteiger partial charge on any atom is 0.265 e. The topological polar surface area (TPSA) is 70.7 Å². The molecule has 1 unspecified atom stereocenters. The van der Waals surface area contributed by atoms with E-state index in [-0.39, 0.29) is 36.9 Å². The van der Waals surface area contributed by atoms with Crippen molar-refractivity contribution in [1.29, 1.82) is 0 Å². The van der Waals surface area contributed by atoms with E-state index in [1.54, 1.807) is 4.90 Å². The van der Waals surface area contributed by atoms with E-state index in [9.17, 15) is 9.59 Å². The number of ether oxygens (including phenoxy) is 1. The van der Waals surface area contributed by atoms with Crippen LogP contribution < -0.4 is 20.3 Å². The van der Waals surface area contributed by atoms with Crippen molar-refractivity contribution < 1.29 is 14.3 Å². The molecule has 0 aromatic heterocycles. The standard InChI is InChI=1S/C17H23N3O3S.ClH/c21-16(10-13-12-24-9-7-18-13)19-6-3-8-20-14-4-1-2-5-15(14)23-11-17(20)22;/h1-2,4-5,13,18H,3,6-12H2,(H,19,21);1H. The molecule has 2 heterocycles. The summed E-state index contributed by atoms with van der Waals surface area (Å²) in [5, 5.41) is 6.31. The normalized spacial score (nSPS) is 19.4. The first-order chi connectivity index (χ1) is 11.7. The van der Waals surface area contributed by atoms with Crippen LogP contribution in [0.2, 0.25) is 0 Å². The number of anilines is 1. The Morgan fingerprint density at radius 1 is 1.40 bits per heavy atom. The summed E-state index contributed by atoms with van der Waals surface area (Å²) in [7, 11) is 0. The maximum atomic E-state index is 12.1. The molecule has 0 bridgehead atoms. The van der Waals surface area contributed by atoms with Crippen LogP contribution in [-0.4, -0.2) is 55.6 Å². The number of halogens is 1. The van der Waals surface area contributed by atoms with Crippen molar-refractivity contribution in [2.45, 2.75) is 18.9 Å². The first-order valence-corrected chi connectivity index (χ1v) is 9.49. The number of nitrogens with zero attached hydrogens (tertiary/aromatic N) is 1. The molecule has 2 N–H and O–H groups in total. The lowest BCUT2D eigenvalue weighted by Gasteiger charge is -2.29. The largest absolute Gasteiger partial charge is 0.482 e. The summed E-state index contributed by atoms with van der Waals surface area (Å²) in [6, 6.07) is 7.81. The van der Waals surface area contributed by atoms with Crippen LogP contribution in [0.25, 0.3) is 0 Å². The van der Waals surface area contributed by atoms with E-state index in [2.05, 4.69) is 10.6 Å². The summed E-state index contributed by atoms with van der Waals surface area (Å²) in [6.45, 7) is 2.21. The van der Waals surface area contributed by atoms with Crippen LogP contribution >= 0.6 is 24.2 Å². The first kappa shape index (κ1) is 19.9. The van der Waals surface area contributed by atoms with Gasteiger partial charge in [-0.15, -0.1) is 12.4 Å². The smallest absolute Gasteiger partial charge is 0.265 e. The fraction of sp³-hybridized carbons (Fsp3) is 0.529. The molecule has 6 nitrogen and oxygen atoms in total. The van der Waals surface area contributed by atoms with Crippen LogP contribution in [0.15, 0.2) is 24.3 Å². The van der Waals surface area contributed by atoms with Crippen molar-refractivity contribution in [3.8, 4) is 5.75 Å². The van der Waals surface area contributed by atoms with E-state index in [1.165, 1.54) is 0 Å². The molecular weight excluding hydrogens is 362 g/mol. The lowest BCUT2D eigenvalue weighted by Crippen LogP contribution is -2.42. The number of hydrogen-bond donors (Lipinski definition) is 2. The van der Waals surface area contributed by atoms with Crippen LogP contribution in [0, 0.1) is 0 Å². The van der Waals surface area contributed by atoms with Gasteiger partial charge in [-0.1, -0.05) is 12.1 Å². The monoisotopic (exact) mass is 385 g/mol. The number of rotatable bonds is 6. The molecule has 138 valence electrons. The van der Waals surface area contributed by atoms with Crippen LogP contribution in [0.3, 0.4) is 0 Å². The lowest BCUT2D eigenvalue weighted by molar-refractivity contribution is -0.121. The lowest BCUT2D eigenvalue weighted by atomic mass is 10.2. The third kappa shape index (κ3) is 5.52. The fourth-order valence-electron chi connectivity index (χ4n) is 2.91. The Kier molecular flexibility index (Phi) is 7.87. The second-order valence-electron chi connectivity index (χ2n) is 5.94. The Morgan fingerprint density at radius 2 is 2.24 bits per heavy atom. The molecule has 1 aromatic carbocycles. The Bertz CT molecular complexity index is 596. The molecule has 0 radical (unpaired) electrons. The molecule has 1 atom stereocenters. The molecule has 2 amide bonds. The predicted molar refractivity (Wildman–Crippen MR) is 103 cm³/mol. The zero-order valence-electron chi connectivity index (χ0n) is 14.0. The SMILES string of the molecule is Cl.O=C(CC1CSCCN1)NCCCN1C(=O)COc2ccccc21. The minimum atomic E-state index is -0.0385. The number of hydrogen-bond acceptors (Lipinski definition) is 5. The van der Waals surface area contributed by atoms with Crippen LogP contribution in [-0.2, 0) is 9.59 Å². The molecular formula is C17H24ClN3O3S. The van der Waals surface area contributed by atoms with Gasteiger partial charge in [0, 0.05) is 43.6 Å². The summed E-state index contributed by atoms with van der Waals surface area (Å²) in [6.07, 6.45) is 1.24. The van der Waals surface area contributed by atoms with Crippen LogP contribution in [0.4, 0.5) is 5.69 Å². The van der Waals surface area contributed by atoms with Crippen molar-refractivity contribution in [1.82, 2.24) is 10.6 Å². The number of amides is 2. The molecule has 8 heteroatoms. The number of fused-ring (bicyclic) bond motifs is 1. The molecule has 25 heavy (non-hydrogen) atoms. The van der Waals surface area contributed by atoms with E-state index >= 15 is 0 Å². The third-order valence-corrected chi connectivity index (χ3v) is 5.25. The van der Waals surface area contributed by atoms with Gasteiger partial charge in [-0.05, 0) is 18.6 Å². The van der Waals surface area contributed by atoms with E-state index in [1.807, 2.05) is 36.0 Å². The minimum absolute atomic E-state index is 0. The van der Waals surface area contributed by atoms with Crippen molar-refractivity contribution in [2.75, 3.05) is 42.6 Å². The molecule has 2 aliphatic rings. The molecule has 0 saturated carbocycles. The number of benzene rings is 1. The second-order valence-corrected chi connectivity index (χ2v) is 7.09. The molecule has 1 aromatic rings. The van der Waals surface area contributed by atoms with E-state index < -0.39 is 0 Å². The number of nitrogens with one attached hydrogen (secondary N) is 2. The van der Waals surface area contributed by atoms with Gasteiger partial charge in [-0.25, -0.2) is 0 Å². The number of carbonyl (C=O) groups excluding carboxylic acids is 2. The predicted octanol–water partition coefficient (Wildman–Crippen LogP) is 1.44. The highest BCUT2D eigenvalue weighted by molar-refractivity contribution is 7.99. The molecule has 1 saturated heterocycles. The van der Waals surface area contributed by atoms with Crippen LogP contribution in [0.1, 0.15) is 12.8 Å². The van der Waals surface area contributed by atoms with Gasteiger partial charge in [0.2, 0.25) is 5.91 Å². The number of para-hydroxylation sites is 2. The maximum absolute atomic E-state index is 12.1. The van der Waals surface area contributed by atoms with Gasteiger partial charge in [0.25, 0.3) is 5.91 Å². The Labute approximate surface area is 158 Å². The van der Waals surface area contributed by atoms with Crippen molar-refractivity contribution in [3.05, 3.63) is 24.3 Å². The summed E-state index contributed by atoms with van der Waals surface area (Å²) in [5.41, 5.74) is 0.809. The van der Waals surface area contributed by atoms with Crippen molar-refractivity contribution >= 4 is 41.7 Å². The average molecular weight is 386 g/mol. The minimum Gasteiger partial charge on any atom is -0.482 e. The fourth-order valence-corrected chi connectivity index (χ4v) is 3.86. The Balaban J connectivity index is 0.00000225. The summed E-state index contributed by atoms with van der Waals surface area (Å²) in [4.78, 5) is 25.8. The highest BCUT2D eigenvalue weighted by atomic mass is 35.5. The van der Waals surface area contributed by atoms with Gasteiger partial charge in [-0.2, -0.15) is 11.8 Å². The number of thioether (sulfide) groups is 1. The van der Waals surface area contributed by atoms with Gasteiger partial charge < -0.3 is 20.3 Å². The summed E-state index contributed by atoms with van der Waals surface area (Å²) >= 11 is 1.89. The summed E-state index contributed by atoms with van der Waals surface area (Å²) in [5.74, 6) is 2.88. The number of carbonyl (C=O) groups is 2. The Hall–Kier alpha value is -1.44. The quantitative estimate of drug-likeness (QED) is 0.725. The van der Waals surface area contributed by atoms with Crippen molar-refractivity contribution in [2.24, 2.45) is 0 Å². The van der Waals surface area contributed by atoms with E-state index in [4.69, 9.17) is 4.74 Å². The second kappa shape index (κ2) is 9.89. The molecule has 3 rings (SSSR count). The zero-order valence-corrected chi connectivity index (χ0v) is 15.7. The zero-order chi connectivity index (χ0) is 16.8. The Morgan fingerprint density at radius 3 is 3.04 bits per heavy atom. The van der Waals surface area contributed by atoms with E-state index in [0.717, 1.165) is 35.9 Å². The van der Waals surface area contributed by atoms with Gasteiger partial charge in [-0.3, -0.25) is 9.59 Å². The molecule has 2 aliphatic heterocycles. The van der Waals surface area contributed by atoms with Crippen LogP contribution in [0.5, 0.6) is 5.75 Å². The van der Waals surface area contributed by atoms with Gasteiger partial charge >= 0.3 is 0 Å². The summed E-state index contributed by atoms with van der Waals surface area (Å²) < 4.78 is 5.43. The average Bonchev–Trinajstić information content (AvgIpc) is 2.61. The highest BCUT2D eigenvalue weighted by Gasteiger charge is 2.24. The first-order valence-electron chi connectivity index (χ1n) is 8.34. The van der Waals surface area contributed by atoms with Gasteiger partial charge in [0.1, 0.15) is 5.75 Å².